The van der Waals surface area contributed by atoms with E-state index in [2.05, 4.69) is 10.3 Å². The number of aromatic nitrogens is 1. The highest BCUT2D eigenvalue weighted by molar-refractivity contribution is 6.18. The van der Waals surface area contributed by atoms with E-state index in [0.717, 1.165) is 11.3 Å². The molecule has 0 aliphatic carbocycles. The number of carbonyl (C=O) groups excluding carboxylic acids is 4. The lowest BCUT2D eigenvalue weighted by atomic mass is 9.64. The summed E-state index contributed by atoms with van der Waals surface area (Å²) in [4.78, 5) is 61.4. The summed E-state index contributed by atoms with van der Waals surface area (Å²) >= 11 is 0. The third-order valence-corrected chi connectivity index (χ3v) is 8.41. The molecule has 1 fully saturated rings. The lowest BCUT2D eigenvalue weighted by molar-refractivity contribution is -0.131. The number of esters is 1. The van der Waals surface area contributed by atoms with E-state index >= 15 is 0 Å². The average Bonchev–Trinajstić information content (AvgIpc) is 3.49. The van der Waals surface area contributed by atoms with Crippen molar-refractivity contribution in [1.82, 2.24) is 4.98 Å². The van der Waals surface area contributed by atoms with Crippen molar-refractivity contribution in [3.8, 4) is 5.75 Å². The molecule has 0 unspecified atom stereocenters. The average molecular weight is 556 g/mol. The first-order valence-corrected chi connectivity index (χ1v) is 13.7. The molecule has 1 spiro atoms. The number of nitrogens with one attached hydrogen (secondary N) is 1. The third kappa shape index (κ3) is 3.65. The van der Waals surface area contributed by atoms with Crippen LogP contribution in [0.4, 0.5) is 11.4 Å². The van der Waals surface area contributed by atoms with E-state index in [-0.39, 0.29) is 17.4 Å². The first-order valence-electron chi connectivity index (χ1n) is 13.7. The van der Waals surface area contributed by atoms with Crippen molar-refractivity contribution in [2.45, 2.75) is 24.4 Å². The van der Waals surface area contributed by atoms with Gasteiger partial charge in [-0.2, -0.15) is 0 Å². The first kappa shape index (κ1) is 25.6. The summed E-state index contributed by atoms with van der Waals surface area (Å²) in [6.07, 6.45) is 5.42. The molecule has 1 saturated heterocycles. The minimum Gasteiger partial charge on any atom is -0.427 e. The Kier molecular flexibility index (Phi) is 5.86. The second kappa shape index (κ2) is 9.62. The zero-order valence-electron chi connectivity index (χ0n) is 22.6. The highest BCUT2D eigenvalue weighted by Crippen LogP contribution is 2.58. The van der Waals surface area contributed by atoms with Gasteiger partial charge in [0.1, 0.15) is 22.9 Å². The molecule has 0 bridgehead atoms. The first-order chi connectivity index (χ1) is 20.4. The number of hydrogen-bond donors (Lipinski definition) is 1. The van der Waals surface area contributed by atoms with Crippen LogP contribution >= 0.6 is 0 Å². The number of carbonyl (C=O) groups is 4. The highest BCUT2D eigenvalue weighted by Gasteiger charge is 2.70. The van der Waals surface area contributed by atoms with E-state index < -0.39 is 35.2 Å². The fourth-order valence-electron chi connectivity index (χ4n) is 6.81. The van der Waals surface area contributed by atoms with E-state index in [1.54, 1.807) is 42.5 Å². The molecule has 1 amide bonds. The van der Waals surface area contributed by atoms with Gasteiger partial charge in [-0.25, -0.2) is 0 Å². The number of Topliss-reactive ketones (excluding diaryl/α,β-unsaturated/α-hetero) is 2. The summed E-state index contributed by atoms with van der Waals surface area (Å²) in [7, 11) is 0. The maximum absolute atomic E-state index is 14.7. The van der Waals surface area contributed by atoms with Crippen LogP contribution in [0.5, 0.6) is 5.75 Å². The molecular formula is C34H25N3O5. The Hall–Kier alpha value is -5.37. The van der Waals surface area contributed by atoms with Crippen molar-refractivity contribution in [2.75, 3.05) is 10.2 Å². The molecule has 1 N–H and O–H groups in total. The number of benzene rings is 3. The predicted octanol–water partition coefficient (Wildman–Crippen LogP) is 4.86. The summed E-state index contributed by atoms with van der Waals surface area (Å²) in [5.41, 5.74) is 2.02. The van der Waals surface area contributed by atoms with Gasteiger partial charge in [0.15, 0.2) is 11.6 Å². The summed E-state index contributed by atoms with van der Waals surface area (Å²) in [5, 5.41) is 3.02. The second-order valence-corrected chi connectivity index (χ2v) is 10.6. The van der Waals surface area contributed by atoms with Crippen molar-refractivity contribution < 1.29 is 23.9 Å². The van der Waals surface area contributed by atoms with Crippen molar-refractivity contribution in [2.24, 2.45) is 5.92 Å². The maximum Gasteiger partial charge on any atom is 0.308 e. The molecular weight excluding hydrogens is 530 g/mol. The van der Waals surface area contributed by atoms with Crippen LogP contribution in [0.3, 0.4) is 0 Å². The van der Waals surface area contributed by atoms with E-state index in [4.69, 9.17) is 4.74 Å². The SMILES string of the molecule is CC(=O)Oc1ccc(C(=O)[C@H]2[C@H](C(=O)c3ccccn3)[C@]3(C(=O)Nc4ccccc43)[C@H]3C=Cc4ccccc4N23)cc1. The van der Waals surface area contributed by atoms with Crippen LogP contribution in [-0.4, -0.2) is 40.5 Å². The van der Waals surface area contributed by atoms with Gasteiger partial charge in [0, 0.05) is 30.1 Å². The van der Waals surface area contributed by atoms with Gasteiger partial charge in [-0.15, -0.1) is 0 Å². The number of para-hydroxylation sites is 2. The summed E-state index contributed by atoms with van der Waals surface area (Å²) in [6.45, 7) is 1.30. The number of ether oxygens (including phenoxy) is 1. The van der Waals surface area contributed by atoms with Crippen molar-refractivity contribution in [3.05, 3.63) is 126 Å². The zero-order chi connectivity index (χ0) is 29.0. The van der Waals surface area contributed by atoms with Gasteiger partial charge in [-0.05, 0) is 59.7 Å². The maximum atomic E-state index is 14.7. The number of pyridine rings is 1. The van der Waals surface area contributed by atoms with Crippen molar-refractivity contribution in [1.29, 1.82) is 0 Å². The Balaban J connectivity index is 1.48. The number of nitrogens with zero attached hydrogens (tertiary/aromatic N) is 2. The van der Waals surface area contributed by atoms with Gasteiger partial charge < -0.3 is 15.0 Å². The lowest BCUT2D eigenvalue weighted by Crippen LogP contribution is -2.51. The van der Waals surface area contributed by atoms with Crippen LogP contribution in [-0.2, 0) is 15.0 Å². The molecule has 42 heavy (non-hydrogen) atoms. The Labute approximate surface area is 241 Å². The van der Waals surface area contributed by atoms with Crippen LogP contribution in [0.15, 0.2) is 103 Å². The molecule has 8 nitrogen and oxygen atoms in total. The molecule has 4 aromatic rings. The van der Waals surface area contributed by atoms with Crippen molar-refractivity contribution in [3.63, 3.8) is 0 Å². The Bertz CT molecular complexity index is 1800. The van der Waals surface area contributed by atoms with Gasteiger partial charge in [-0.3, -0.25) is 24.2 Å². The smallest absolute Gasteiger partial charge is 0.308 e. The van der Waals surface area contributed by atoms with E-state index in [9.17, 15) is 19.2 Å². The highest BCUT2D eigenvalue weighted by atomic mass is 16.5. The van der Waals surface area contributed by atoms with Gasteiger partial charge in [-0.1, -0.05) is 54.6 Å². The molecule has 7 rings (SSSR count). The largest absolute Gasteiger partial charge is 0.427 e. The third-order valence-electron chi connectivity index (χ3n) is 8.41. The molecule has 0 radical (unpaired) electrons. The summed E-state index contributed by atoms with van der Waals surface area (Å²) in [6, 6.07) is 24.6. The molecule has 4 atom stereocenters. The van der Waals surface area contributed by atoms with Gasteiger partial charge in [0.05, 0.1) is 12.0 Å². The van der Waals surface area contributed by atoms with Gasteiger partial charge in [0.2, 0.25) is 5.91 Å². The minimum atomic E-state index is -1.41. The summed E-state index contributed by atoms with van der Waals surface area (Å²) in [5.74, 6) is -2.34. The molecule has 8 heteroatoms. The molecule has 4 heterocycles. The van der Waals surface area contributed by atoms with Crippen LogP contribution in [0.1, 0.15) is 38.9 Å². The predicted molar refractivity (Wildman–Crippen MR) is 156 cm³/mol. The van der Waals surface area contributed by atoms with Crippen molar-refractivity contribution >= 4 is 40.9 Å². The van der Waals surface area contributed by atoms with Gasteiger partial charge >= 0.3 is 5.97 Å². The summed E-state index contributed by atoms with van der Waals surface area (Å²) < 4.78 is 5.17. The zero-order valence-corrected chi connectivity index (χ0v) is 22.6. The fourth-order valence-corrected chi connectivity index (χ4v) is 6.81. The van der Waals surface area contributed by atoms with Crippen LogP contribution in [0.2, 0.25) is 0 Å². The lowest BCUT2D eigenvalue weighted by Gasteiger charge is -2.37. The molecule has 1 aromatic heterocycles. The number of rotatable bonds is 5. The number of anilines is 2. The Morgan fingerprint density at radius 3 is 2.38 bits per heavy atom. The normalized spacial score (nSPS) is 23.1. The van der Waals surface area contributed by atoms with E-state index in [1.165, 1.54) is 13.1 Å². The standard InChI is InChI=1S/C34H25N3O5/c1-20(38)42-23-16-13-22(14-17-23)31(39)30-29(32(40)26-11-6-7-19-35-26)34(24-9-3-4-10-25(24)36-33(34)41)28-18-15-21-8-2-5-12-27(21)37(28)30/h2-19,28-30H,1H3,(H,36,41)/t28-,29-,30-,34-/m1/s1. The Morgan fingerprint density at radius 1 is 0.881 bits per heavy atom. The van der Waals surface area contributed by atoms with E-state index in [0.29, 0.717) is 22.6 Å². The number of ketones is 2. The molecule has 0 saturated carbocycles. The number of hydrogen-bond acceptors (Lipinski definition) is 7. The van der Waals surface area contributed by atoms with Crippen LogP contribution in [0.25, 0.3) is 6.08 Å². The van der Waals surface area contributed by atoms with Gasteiger partial charge in [0.25, 0.3) is 0 Å². The fraction of sp³-hybridized carbons (Fsp3) is 0.147. The molecule has 3 aromatic carbocycles. The Morgan fingerprint density at radius 2 is 1.62 bits per heavy atom. The quantitative estimate of drug-likeness (QED) is 0.213. The molecule has 3 aliphatic rings. The van der Waals surface area contributed by atoms with E-state index in [1.807, 2.05) is 65.6 Å². The number of amides is 1. The second-order valence-electron chi connectivity index (χ2n) is 10.6. The monoisotopic (exact) mass is 555 g/mol. The minimum absolute atomic E-state index is 0.180. The van der Waals surface area contributed by atoms with Crippen LogP contribution in [0, 0.1) is 5.92 Å². The molecule has 206 valence electrons. The number of fused-ring (bicyclic) bond motifs is 6. The van der Waals surface area contributed by atoms with Crippen LogP contribution < -0.4 is 15.0 Å². The molecule has 3 aliphatic heterocycles. The topological polar surface area (TPSA) is 106 Å².